The highest BCUT2D eigenvalue weighted by atomic mass is 16.5. The summed E-state index contributed by atoms with van der Waals surface area (Å²) in [5.74, 6) is -3.76. The molecule has 1 aliphatic heterocycles. The van der Waals surface area contributed by atoms with Crippen molar-refractivity contribution in [2.24, 2.45) is 0 Å². The van der Waals surface area contributed by atoms with Gasteiger partial charge in [-0.15, -0.1) is 0 Å². The molecule has 0 amide bonds. The lowest BCUT2D eigenvalue weighted by atomic mass is 9.84. The van der Waals surface area contributed by atoms with Crippen LogP contribution in [0.25, 0.3) is 0 Å². The van der Waals surface area contributed by atoms with Crippen LogP contribution in [0.5, 0.6) is 0 Å². The van der Waals surface area contributed by atoms with Gasteiger partial charge in [-0.25, -0.2) is 19.2 Å². The van der Waals surface area contributed by atoms with Gasteiger partial charge >= 0.3 is 23.9 Å². The predicted molar refractivity (Wildman–Crippen MR) is 99.1 cm³/mol. The quantitative estimate of drug-likeness (QED) is 0.524. The number of hydrogen-bond donors (Lipinski definition) is 0. The molecule has 0 radical (unpaired) electrons. The minimum atomic E-state index is -1.01. The monoisotopic (exact) mass is 403 g/mol. The number of ether oxygens (including phenoxy) is 4. The maximum atomic E-state index is 12.7. The Balaban J connectivity index is 3.00. The summed E-state index contributed by atoms with van der Waals surface area (Å²) >= 11 is 0. The molecule has 0 saturated carbocycles. The zero-order chi connectivity index (χ0) is 21.7. The summed E-state index contributed by atoms with van der Waals surface area (Å²) in [5.41, 5.74) is -0.704. The van der Waals surface area contributed by atoms with Crippen LogP contribution in [-0.2, 0) is 38.1 Å². The number of nitrogens with zero attached hydrogens (tertiary/aromatic N) is 1. The van der Waals surface area contributed by atoms with Gasteiger partial charge in [0.2, 0.25) is 0 Å². The fourth-order valence-corrected chi connectivity index (χ4v) is 3.20. The van der Waals surface area contributed by atoms with Crippen LogP contribution in [0.4, 0.5) is 0 Å². The summed E-state index contributed by atoms with van der Waals surface area (Å²) in [4.78, 5) is 51.9. The highest BCUT2D eigenvalue weighted by molar-refractivity contribution is 6.16. The highest BCUT2D eigenvalue weighted by Crippen LogP contribution is 2.41. The van der Waals surface area contributed by atoms with E-state index in [4.69, 9.17) is 18.9 Å². The first-order valence-corrected chi connectivity index (χ1v) is 8.43. The van der Waals surface area contributed by atoms with Gasteiger partial charge in [-0.1, -0.05) is 30.3 Å². The average molecular weight is 403 g/mol. The van der Waals surface area contributed by atoms with Crippen LogP contribution in [0.15, 0.2) is 52.7 Å². The first kappa shape index (κ1) is 21.7. The Morgan fingerprint density at radius 3 is 1.69 bits per heavy atom. The summed E-state index contributed by atoms with van der Waals surface area (Å²) in [6.45, 7) is 0. The fraction of sp³-hybridized carbons (Fsp3) is 0.300. The molecule has 0 fully saturated rings. The zero-order valence-electron chi connectivity index (χ0n) is 16.7. The maximum Gasteiger partial charge on any atom is 0.355 e. The zero-order valence-corrected chi connectivity index (χ0v) is 16.7. The van der Waals surface area contributed by atoms with Gasteiger partial charge in [0, 0.05) is 7.05 Å². The molecule has 0 spiro atoms. The molecule has 9 heteroatoms. The SMILES string of the molecule is COC(=O)C1=C(C(=O)OC)C(c2ccccc2)N(C)C(C(=O)OC)=C1C(=O)OC. The topological polar surface area (TPSA) is 108 Å². The van der Waals surface area contributed by atoms with E-state index in [2.05, 4.69) is 0 Å². The Labute approximate surface area is 167 Å². The van der Waals surface area contributed by atoms with Crippen molar-refractivity contribution < 1.29 is 38.1 Å². The molecule has 1 aliphatic rings. The van der Waals surface area contributed by atoms with E-state index in [1.54, 1.807) is 30.3 Å². The summed E-state index contributed by atoms with van der Waals surface area (Å²) < 4.78 is 19.3. The van der Waals surface area contributed by atoms with E-state index in [9.17, 15) is 19.2 Å². The number of esters is 4. The first-order valence-electron chi connectivity index (χ1n) is 8.43. The Bertz CT molecular complexity index is 900. The summed E-state index contributed by atoms with van der Waals surface area (Å²) in [6.07, 6.45) is 0. The molecule has 1 aromatic rings. The smallest absolute Gasteiger partial charge is 0.355 e. The van der Waals surface area contributed by atoms with Crippen LogP contribution in [0.3, 0.4) is 0 Å². The van der Waals surface area contributed by atoms with E-state index in [1.807, 2.05) is 0 Å². The molecule has 0 saturated heterocycles. The number of likely N-dealkylation sites (N-methyl/N-ethyl adjacent to an activating group) is 1. The third kappa shape index (κ3) is 3.84. The Morgan fingerprint density at radius 2 is 1.21 bits per heavy atom. The van der Waals surface area contributed by atoms with Crippen LogP contribution in [0.1, 0.15) is 11.6 Å². The van der Waals surface area contributed by atoms with Crippen LogP contribution < -0.4 is 0 Å². The molecule has 9 nitrogen and oxygen atoms in total. The van der Waals surface area contributed by atoms with Crippen LogP contribution in [0, 0.1) is 0 Å². The second-order valence-corrected chi connectivity index (χ2v) is 5.90. The van der Waals surface area contributed by atoms with Crippen molar-refractivity contribution in [1.82, 2.24) is 4.90 Å². The van der Waals surface area contributed by atoms with E-state index in [-0.39, 0.29) is 11.3 Å². The molecule has 29 heavy (non-hydrogen) atoms. The molecule has 1 unspecified atom stereocenters. The summed E-state index contributed by atoms with van der Waals surface area (Å²) in [7, 11) is 5.94. The van der Waals surface area contributed by atoms with Gasteiger partial charge in [0.1, 0.15) is 11.3 Å². The standard InChI is InChI=1S/C20H21NO8/c1-21-15(11-9-7-6-8-10-11)13(18(23)27-3)12(17(22)26-2)14(19(24)28-4)16(21)20(25)29-5/h6-10,15H,1-5H3. The lowest BCUT2D eigenvalue weighted by Gasteiger charge is -2.37. The normalized spacial score (nSPS) is 16.3. The number of methoxy groups -OCH3 is 4. The maximum absolute atomic E-state index is 12.7. The molecular weight excluding hydrogens is 382 g/mol. The third-order valence-corrected chi connectivity index (χ3v) is 4.45. The van der Waals surface area contributed by atoms with Gasteiger partial charge in [0.25, 0.3) is 0 Å². The van der Waals surface area contributed by atoms with Crippen molar-refractivity contribution in [1.29, 1.82) is 0 Å². The summed E-state index contributed by atoms with van der Waals surface area (Å²) in [6, 6.07) is 7.71. The Morgan fingerprint density at radius 1 is 0.724 bits per heavy atom. The summed E-state index contributed by atoms with van der Waals surface area (Å²) in [5, 5.41) is 0. The Hall–Kier alpha value is -3.62. The Kier molecular flexibility index (Phi) is 6.76. The molecule has 2 rings (SSSR count). The molecule has 154 valence electrons. The molecule has 1 atom stereocenters. The van der Waals surface area contributed by atoms with E-state index >= 15 is 0 Å². The van der Waals surface area contributed by atoms with Crippen LogP contribution >= 0.6 is 0 Å². The van der Waals surface area contributed by atoms with Crippen molar-refractivity contribution in [3.63, 3.8) is 0 Å². The number of carbonyl (C=O) groups excluding carboxylic acids is 4. The lowest BCUT2D eigenvalue weighted by Crippen LogP contribution is -2.41. The molecule has 1 aromatic carbocycles. The third-order valence-electron chi connectivity index (χ3n) is 4.45. The van der Waals surface area contributed by atoms with Crippen molar-refractivity contribution in [2.75, 3.05) is 35.5 Å². The van der Waals surface area contributed by atoms with Crippen molar-refractivity contribution in [2.45, 2.75) is 6.04 Å². The second-order valence-electron chi connectivity index (χ2n) is 5.90. The van der Waals surface area contributed by atoms with Gasteiger partial charge in [-0.05, 0) is 5.56 Å². The first-order chi connectivity index (χ1) is 13.8. The molecule has 0 aromatic heterocycles. The molecule has 0 bridgehead atoms. The second kappa shape index (κ2) is 9.05. The molecule has 1 heterocycles. The van der Waals surface area contributed by atoms with E-state index in [1.165, 1.54) is 11.9 Å². The van der Waals surface area contributed by atoms with Gasteiger partial charge in [-0.3, -0.25) is 0 Å². The van der Waals surface area contributed by atoms with Crippen molar-refractivity contribution in [3.8, 4) is 0 Å². The molecule has 0 aliphatic carbocycles. The lowest BCUT2D eigenvalue weighted by molar-refractivity contribution is -0.143. The highest BCUT2D eigenvalue weighted by Gasteiger charge is 2.46. The predicted octanol–water partition coefficient (Wildman–Crippen LogP) is 0.916. The van der Waals surface area contributed by atoms with Gasteiger partial charge < -0.3 is 23.8 Å². The van der Waals surface area contributed by atoms with Crippen LogP contribution in [0.2, 0.25) is 0 Å². The van der Waals surface area contributed by atoms with E-state index < -0.39 is 41.1 Å². The molecule has 0 N–H and O–H groups in total. The average Bonchev–Trinajstić information content (AvgIpc) is 2.76. The van der Waals surface area contributed by atoms with E-state index in [0.717, 1.165) is 28.4 Å². The van der Waals surface area contributed by atoms with Gasteiger partial charge in [0.15, 0.2) is 0 Å². The largest absolute Gasteiger partial charge is 0.466 e. The van der Waals surface area contributed by atoms with Gasteiger partial charge in [-0.2, -0.15) is 0 Å². The minimum Gasteiger partial charge on any atom is -0.466 e. The van der Waals surface area contributed by atoms with Crippen molar-refractivity contribution >= 4 is 23.9 Å². The van der Waals surface area contributed by atoms with E-state index in [0.29, 0.717) is 5.56 Å². The minimum absolute atomic E-state index is 0.166. The molecular formula is C20H21NO8. The number of benzene rings is 1. The van der Waals surface area contributed by atoms with Crippen LogP contribution in [-0.4, -0.2) is 64.3 Å². The van der Waals surface area contributed by atoms with Gasteiger partial charge in [0.05, 0.1) is 45.6 Å². The fourth-order valence-electron chi connectivity index (χ4n) is 3.20. The van der Waals surface area contributed by atoms with Crippen molar-refractivity contribution in [3.05, 3.63) is 58.3 Å². The number of hydrogen-bond acceptors (Lipinski definition) is 9. The number of carbonyl (C=O) groups is 4. The number of rotatable bonds is 5.